The molecule has 1 aliphatic rings. The molecular weight excluding hydrogens is 546 g/mol. The number of piperidine rings is 1. The third-order valence-corrected chi connectivity index (χ3v) is 7.58. The standard InChI is InChI=1S/C33H43N5O5/c1-21(2)22-10-12-25(13-11-22)36-31(41)28(18-24-19-34-27-9-7-6-8-26(24)27)37-30(40)23-14-16-38(17-15-23)29(39)20-35-32(42)43-33(3,4)5/h6-13,19,21,23,28,34H,14-18,20H2,1-5H3,(H,35,42)(H,36,41)(H,37,40). The number of likely N-dealkylation sites (tertiary alicyclic amines) is 1. The van der Waals surface area contributed by atoms with Gasteiger partial charge in [0.2, 0.25) is 17.7 Å². The molecule has 43 heavy (non-hydrogen) atoms. The minimum absolute atomic E-state index is 0.170. The maximum Gasteiger partial charge on any atom is 0.408 e. The lowest BCUT2D eigenvalue weighted by molar-refractivity contribution is -0.135. The van der Waals surface area contributed by atoms with Crippen molar-refractivity contribution in [2.24, 2.45) is 5.92 Å². The number of anilines is 1. The Hall–Kier alpha value is -4.34. The van der Waals surface area contributed by atoms with E-state index in [2.05, 4.69) is 34.8 Å². The van der Waals surface area contributed by atoms with Crippen molar-refractivity contribution in [2.75, 3.05) is 25.0 Å². The molecule has 0 saturated carbocycles. The smallest absolute Gasteiger partial charge is 0.408 e. The fraction of sp³-hybridized carbons (Fsp3) is 0.455. The SMILES string of the molecule is CC(C)c1ccc(NC(=O)C(Cc2c[nH]c3ccccc23)NC(=O)C2CCN(C(=O)CNC(=O)OC(C)(C)C)CC2)cc1. The zero-order valence-corrected chi connectivity index (χ0v) is 25.7. The van der Waals surface area contributed by atoms with Crippen LogP contribution in [-0.4, -0.2) is 65.0 Å². The van der Waals surface area contributed by atoms with Crippen LogP contribution in [0.25, 0.3) is 10.9 Å². The summed E-state index contributed by atoms with van der Waals surface area (Å²) in [7, 11) is 0. The summed E-state index contributed by atoms with van der Waals surface area (Å²) in [5.74, 6) is -0.705. The predicted molar refractivity (Wildman–Crippen MR) is 167 cm³/mol. The molecule has 1 aromatic heterocycles. The van der Waals surface area contributed by atoms with Crippen molar-refractivity contribution in [3.05, 3.63) is 65.9 Å². The topological polar surface area (TPSA) is 133 Å². The summed E-state index contributed by atoms with van der Waals surface area (Å²) in [4.78, 5) is 56.4. The van der Waals surface area contributed by atoms with Gasteiger partial charge in [-0.1, -0.05) is 44.2 Å². The molecule has 2 heterocycles. The van der Waals surface area contributed by atoms with Gasteiger partial charge in [-0.3, -0.25) is 14.4 Å². The number of para-hydroxylation sites is 1. The summed E-state index contributed by atoms with van der Waals surface area (Å²) in [5, 5.41) is 9.47. The number of hydrogen-bond donors (Lipinski definition) is 4. The fourth-order valence-electron chi connectivity index (χ4n) is 5.16. The quantitative estimate of drug-likeness (QED) is 0.287. The van der Waals surface area contributed by atoms with E-state index in [0.717, 1.165) is 16.5 Å². The summed E-state index contributed by atoms with van der Waals surface area (Å²) in [5.41, 5.74) is 3.08. The summed E-state index contributed by atoms with van der Waals surface area (Å²) in [6.07, 6.45) is 2.47. The fourth-order valence-corrected chi connectivity index (χ4v) is 5.16. The number of carbonyl (C=O) groups is 4. The van der Waals surface area contributed by atoms with Crippen molar-refractivity contribution in [3.8, 4) is 0 Å². The minimum atomic E-state index is -0.797. The normalized spacial score (nSPS) is 14.8. The van der Waals surface area contributed by atoms with Crippen molar-refractivity contribution in [3.63, 3.8) is 0 Å². The van der Waals surface area contributed by atoms with Gasteiger partial charge in [0.05, 0.1) is 0 Å². The molecular formula is C33H43N5O5. The van der Waals surface area contributed by atoms with Gasteiger partial charge in [0.1, 0.15) is 18.2 Å². The van der Waals surface area contributed by atoms with E-state index < -0.39 is 17.7 Å². The zero-order chi connectivity index (χ0) is 31.1. The molecule has 10 nitrogen and oxygen atoms in total. The number of hydrogen-bond acceptors (Lipinski definition) is 5. The predicted octanol–water partition coefficient (Wildman–Crippen LogP) is 4.72. The van der Waals surface area contributed by atoms with Gasteiger partial charge in [0.25, 0.3) is 0 Å². The van der Waals surface area contributed by atoms with Crippen molar-refractivity contribution >= 4 is 40.4 Å². The lowest BCUT2D eigenvalue weighted by Gasteiger charge is -2.32. The first-order chi connectivity index (χ1) is 20.4. The second-order valence-corrected chi connectivity index (χ2v) is 12.4. The molecule has 230 valence electrons. The van der Waals surface area contributed by atoms with Crippen molar-refractivity contribution in [1.82, 2.24) is 20.5 Å². The van der Waals surface area contributed by atoms with Gasteiger partial charge in [-0.05, 0) is 68.9 Å². The summed E-state index contributed by atoms with van der Waals surface area (Å²) in [6.45, 7) is 10.1. The maximum absolute atomic E-state index is 13.5. The first-order valence-corrected chi connectivity index (χ1v) is 14.9. The maximum atomic E-state index is 13.5. The molecule has 0 bridgehead atoms. The van der Waals surface area contributed by atoms with E-state index in [1.54, 1.807) is 25.7 Å². The first kappa shape index (κ1) is 31.6. The van der Waals surface area contributed by atoms with Crippen LogP contribution < -0.4 is 16.0 Å². The van der Waals surface area contributed by atoms with E-state index in [1.807, 2.05) is 54.7 Å². The Morgan fingerprint density at radius 1 is 1.00 bits per heavy atom. The van der Waals surface area contributed by atoms with Crippen LogP contribution in [0.2, 0.25) is 0 Å². The number of aromatic nitrogens is 1. The van der Waals surface area contributed by atoms with E-state index in [9.17, 15) is 19.2 Å². The lowest BCUT2D eigenvalue weighted by atomic mass is 9.94. The molecule has 1 saturated heterocycles. The number of H-pyrrole nitrogens is 1. The summed E-state index contributed by atoms with van der Waals surface area (Å²) in [6, 6.07) is 14.8. The van der Waals surface area contributed by atoms with Crippen LogP contribution in [0.5, 0.6) is 0 Å². The largest absolute Gasteiger partial charge is 0.444 e. The number of aromatic amines is 1. The average Bonchev–Trinajstić information content (AvgIpc) is 3.37. The Balaban J connectivity index is 1.38. The first-order valence-electron chi connectivity index (χ1n) is 14.9. The minimum Gasteiger partial charge on any atom is -0.444 e. The number of ether oxygens (including phenoxy) is 1. The number of nitrogens with zero attached hydrogens (tertiary/aromatic N) is 1. The van der Waals surface area contributed by atoms with Gasteiger partial charge in [0.15, 0.2) is 0 Å². The van der Waals surface area contributed by atoms with Crippen LogP contribution in [-0.2, 0) is 25.5 Å². The lowest BCUT2D eigenvalue weighted by Crippen LogP contribution is -2.50. The van der Waals surface area contributed by atoms with Crippen molar-refractivity contribution in [2.45, 2.75) is 71.4 Å². The Morgan fingerprint density at radius 3 is 2.33 bits per heavy atom. The van der Waals surface area contributed by atoms with Gasteiger partial charge in [0, 0.05) is 48.2 Å². The Morgan fingerprint density at radius 2 is 1.67 bits per heavy atom. The third kappa shape index (κ3) is 8.83. The zero-order valence-electron chi connectivity index (χ0n) is 25.7. The Kier molecular flexibility index (Phi) is 10.1. The number of benzene rings is 2. The second-order valence-electron chi connectivity index (χ2n) is 12.4. The Bertz CT molecular complexity index is 1430. The molecule has 10 heteroatoms. The van der Waals surface area contributed by atoms with E-state index in [4.69, 9.17) is 4.74 Å². The number of fused-ring (bicyclic) bond motifs is 1. The molecule has 4 N–H and O–H groups in total. The summed E-state index contributed by atoms with van der Waals surface area (Å²) < 4.78 is 5.18. The number of alkyl carbamates (subject to hydrolysis) is 1. The number of nitrogens with one attached hydrogen (secondary N) is 4. The monoisotopic (exact) mass is 589 g/mol. The molecule has 4 amide bonds. The van der Waals surface area contributed by atoms with Crippen LogP contribution in [0, 0.1) is 5.92 Å². The molecule has 0 radical (unpaired) electrons. The molecule has 3 aromatic rings. The molecule has 1 fully saturated rings. The number of amides is 4. The highest BCUT2D eigenvalue weighted by molar-refractivity contribution is 5.98. The van der Waals surface area contributed by atoms with Crippen LogP contribution in [0.4, 0.5) is 10.5 Å². The second kappa shape index (κ2) is 13.8. The van der Waals surface area contributed by atoms with Crippen LogP contribution in [0.15, 0.2) is 54.7 Å². The van der Waals surface area contributed by atoms with Crippen molar-refractivity contribution < 1.29 is 23.9 Å². The molecule has 1 atom stereocenters. The highest BCUT2D eigenvalue weighted by atomic mass is 16.6. The van der Waals surface area contributed by atoms with Gasteiger partial charge < -0.3 is 30.6 Å². The van der Waals surface area contributed by atoms with E-state index in [0.29, 0.717) is 44.0 Å². The van der Waals surface area contributed by atoms with Gasteiger partial charge in [-0.25, -0.2) is 4.79 Å². The molecule has 2 aromatic carbocycles. The van der Waals surface area contributed by atoms with Crippen LogP contribution in [0.1, 0.15) is 64.5 Å². The molecule has 1 aliphatic heterocycles. The third-order valence-electron chi connectivity index (χ3n) is 7.58. The molecule has 4 rings (SSSR count). The van der Waals surface area contributed by atoms with E-state index >= 15 is 0 Å². The molecule has 0 aliphatic carbocycles. The Labute approximate surface area is 252 Å². The molecule has 1 unspecified atom stereocenters. The van der Waals surface area contributed by atoms with E-state index in [-0.39, 0.29) is 30.2 Å². The van der Waals surface area contributed by atoms with Gasteiger partial charge >= 0.3 is 6.09 Å². The average molecular weight is 590 g/mol. The van der Waals surface area contributed by atoms with Gasteiger partial charge in [-0.15, -0.1) is 0 Å². The highest BCUT2D eigenvalue weighted by Gasteiger charge is 2.31. The number of carbonyl (C=O) groups excluding carboxylic acids is 4. The highest BCUT2D eigenvalue weighted by Crippen LogP contribution is 2.22. The summed E-state index contributed by atoms with van der Waals surface area (Å²) >= 11 is 0. The van der Waals surface area contributed by atoms with Crippen molar-refractivity contribution in [1.29, 1.82) is 0 Å². The van der Waals surface area contributed by atoms with Crippen LogP contribution in [0.3, 0.4) is 0 Å². The van der Waals surface area contributed by atoms with Gasteiger partial charge in [-0.2, -0.15) is 0 Å². The van der Waals surface area contributed by atoms with E-state index in [1.165, 1.54) is 5.56 Å². The number of rotatable bonds is 9. The van der Waals surface area contributed by atoms with Crippen LogP contribution >= 0.6 is 0 Å². The molecule has 0 spiro atoms.